The van der Waals surface area contributed by atoms with Gasteiger partial charge < -0.3 is 15.2 Å². The van der Waals surface area contributed by atoms with E-state index in [9.17, 15) is 9.59 Å². The zero-order valence-electron chi connectivity index (χ0n) is 17.0. The predicted octanol–water partition coefficient (Wildman–Crippen LogP) is 1.70. The van der Waals surface area contributed by atoms with Gasteiger partial charge in [0.1, 0.15) is 5.54 Å². The molecule has 0 radical (unpaired) electrons. The zero-order chi connectivity index (χ0) is 20.0. The van der Waals surface area contributed by atoms with E-state index in [0.29, 0.717) is 19.5 Å². The number of hydrogen-bond acceptors (Lipinski definition) is 4. The molecule has 0 saturated carbocycles. The van der Waals surface area contributed by atoms with Gasteiger partial charge in [-0.3, -0.25) is 19.5 Å². The quantitative estimate of drug-likeness (QED) is 0.826. The fourth-order valence-corrected chi connectivity index (χ4v) is 5.59. The molecular weight excluding hydrogens is 366 g/mol. The summed E-state index contributed by atoms with van der Waals surface area (Å²) in [5.74, 6) is 0.568. The number of aromatic nitrogens is 2. The Bertz CT molecular complexity index is 928. The second-order valence-corrected chi connectivity index (χ2v) is 8.99. The molecule has 3 aliphatic rings. The molecule has 7 nitrogen and oxygen atoms in total. The van der Waals surface area contributed by atoms with Gasteiger partial charge in [-0.2, -0.15) is 0 Å². The Balaban J connectivity index is 1.23. The predicted molar refractivity (Wildman–Crippen MR) is 110 cm³/mol. The molecule has 2 unspecified atom stereocenters. The molecule has 0 bridgehead atoms. The summed E-state index contributed by atoms with van der Waals surface area (Å²) in [5.41, 5.74) is 1.67. The van der Waals surface area contributed by atoms with Crippen molar-refractivity contribution in [1.82, 2.24) is 25.1 Å². The molecule has 7 heteroatoms. The van der Waals surface area contributed by atoms with Gasteiger partial charge in [-0.25, -0.2) is 0 Å². The second kappa shape index (κ2) is 7.13. The highest BCUT2D eigenvalue weighted by molar-refractivity contribution is 5.89. The highest BCUT2D eigenvalue weighted by Gasteiger charge is 2.51. The Morgan fingerprint density at radius 3 is 2.86 bits per heavy atom. The number of likely N-dealkylation sites (tertiary alicyclic amines) is 1. The monoisotopic (exact) mass is 395 g/mol. The molecule has 2 aromatic rings. The first-order valence-electron chi connectivity index (χ1n) is 10.8. The van der Waals surface area contributed by atoms with Crippen molar-refractivity contribution in [2.75, 3.05) is 26.2 Å². The van der Waals surface area contributed by atoms with E-state index >= 15 is 0 Å². The molecule has 5 heterocycles. The van der Waals surface area contributed by atoms with Crippen molar-refractivity contribution in [3.05, 3.63) is 30.2 Å². The van der Waals surface area contributed by atoms with Crippen LogP contribution >= 0.6 is 0 Å². The van der Waals surface area contributed by atoms with Crippen LogP contribution in [0, 0.1) is 5.92 Å². The number of rotatable bonds is 4. The van der Waals surface area contributed by atoms with Gasteiger partial charge in [0.2, 0.25) is 11.8 Å². The maximum Gasteiger partial charge on any atom is 0.240 e. The third-order valence-electron chi connectivity index (χ3n) is 7.26. The number of nitrogens with one attached hydrogen (secondary N) is 2. The fraction of sp³-hybridized carbons (Fsp3) is 0.591. The van der Waals surface area contributed by atoms with Gasteiger partial charge in [0.05, 0.1) is 24.2 Å². The summed E-state index contributed by atoms with van der Waals surface area (Å²) >= 11 is 0. The van der Waals surface area contributed by atoms with Crippen molar-refractivity contribution >= 4 is 22.7 Å². The van der Waals surface area contributed by atoms with Gasteiger partial charge in [0.15, 0.2) is 0 Å². The third-order valence-corrected chi connectivity index (χ3v) is 7.26. The summed E-state index contributed by atoms with van der Waals surface area (Å²) in [6.45, 7) is 5.52. The van der Waals surface area contributed by atoms with E-state index in [2.05, 4.69) is 27.1 Å². The first kappa shape index (κ1) is 18.6. The highest BCUT2D eigenvalue weighted by atomic mass is 16.2. The summed E-state index contributed by atoms with van der Waals surface area (Å²) in [4.78, 5) is 37.7. The molecule has 2 aromatic heterocycles. The van der Waals surface area contributed by atoms with Crippen LogP contribution in [-0.2, 0) is 16.0 Å². The van der Waals surface area contributed by atoms with E-state index in [0.717, 1.165) is 55.2 Å². The van der Waals surface area contributed by atoms with Gasteiger partial charge in [-0.15, -0.1) is 0 Å². The van der Waals surface area contributed by atoms with Crippen LogP contribution in [0.5, 0.6) is 0 Å². The number of hydrogen-bond donors (Lipinski definition) is 2. The number of carbonyl (C=O) groups excluding carboxylic acids is 2. The van der Waals surface area contributed by atoms with E-state index in [4.69, 9.17) is 0 Å². The SMILES string of the molecule is CC1CN(C(=O)Cc2c[nH]c3cnccc23)CC1NC(=O)C12CCCN1CCC2. The number of nitrogens with zero attached hydrogens (tertiary/aromatic N) is 3. The molecule has 154 valence electrons. The van der Waals surface area contributed by atoms with Crippen molar-refractivity contribution in [3.63, 3.8) is 0 Å². The standard InChI is InChI=1S/C22H29N5O2/c1-15-13-26(20(28)10-16-11-24-18-12-23-7-4-17(16)18)14-19(15)25-21(29)22-5-2-8-27(22)9-3-6-22/h4,7,11-12,15,19,24H,2-3,5-6,8-10,13-14H2,1H3,(H,25,29). The Kier molecular flexibility index (Phi) is 4.57. The van der Waals surface area contributed by atoms with Crippen molar-refractivity contribution in [1.29, 1.82) is 0 Å². The average Bonchev–Trinajstić information content (AvgIpc) is 3.46. The summed E-state index contributed by atoms with van der Waals surface area (Å²) in [6.07, 6.45) is 9.96. The molecule has 5 rings (SSSR count). The van der Waals surface area contributed by atoms with Crippen molar-refractivity contribution in [2.24, 2.45) is 5.92 Å². The normalized spacial score (nSPS) is 26.2. The lowest BCUT2D eigenvalue weighted by Gasteiger charge is -2.32. The lowest BCUT2D eigenvalue weighted by atomic mass is 9.92. The molecule has 2 N–H and O–H groups in total. The molecule has 0 aromatic carbocycles. The molecule has 0 aliphatic carbocycles. The number of H-pyrrole nitrogens is 1. The van der Waals surface area contributed by atoms with Gasteiger partial charge in [0, 0.05) is 30.9 Å². The van der Waals surface area contributed by atoms with Crippen LogP contribution < -0.4 is 5.32 Å². The van der Waals surface area contributed by atoms with E-state index in [1.807, 2.05) is 17.2 Å². The zero-order valence-corrected chi connectivity index (χ0v) is 17.0. The lowest BCUT2D eigenvalue weighted by Crippen LogP contribution is -2.55. The topological polar surface area (TPSA) is 81.3 Å². The number of pyridine rings is 1. The van der Waals surface area contributed by atoms with Gasteiger partial charge in [-0.05, 0) is 56.3 Å². The van der Waals surface area contributed by atoms with Crippen LogP contribution in [0.2, 0.25) is 0 Å². The Morgan fingerprint density at radius 1 is 1.28 bits per heavy atom. The van der Waals surface area contributed by atoms with Crippen molar-refractivity contribution in [2.45, 2.75) is 50.6 Å². The minimum Gasteiger partial charge on any atom is -0.360 e. The number of aromatic amines is 1. The molecule has 0 spiro atoms. The largest absolute Gasteiger partial charge is 0.360 e. The summed E-state index contributed by atoms with van der Waals surface area (Å²) < 4.78 is 0. The first-order valence-corrected chi connectivity index (χ1v) is 10.8. The number of amides is 2. The average molecular weight is 396 g/mol. The van der Waals surface area contributed by atoms with Crippen LogP contribution in [0.15, 0.2) is 24.7 Å². The number of carbonyl (C=O) groups is 2. The Morgan fingerprint density at radius 2 is 2.07 bits per heavy atom. The van der Waals surface area contributed by atoms with Crippen LogP contribution in [0.3, 0.4) is 0 Å². The van der Waals surface area contributed by atoms with Gasteiger partial charge in [-0.1, -0.05) is 6.92 Å². The fourth-order valence-electron chi connectivity index (χ4n) is 5.59. The smallest absolute Gasteiger partial charge is 0.240 e. The van der Waals surface area contributed by atoms with Crippen LogP contribution in [-0.4, -0.2) is 69.3 Å². The Hall–Kier alpha value is -2.41. The van der Waals surface area contributed by atoms with Gasteiger partial charge >= 0.3 is 0 Å². The molecule has 2 amide bonds. The molecular formula is C22H29N5O2. The molecule has 3 fully saturated rings. The van der Waals surface area contributed by atoms with Crippen molar-refractivity contribution < 1.29 is 9.59 Å². The highest BCUT2D eigenvalue weighted by Crippen LogP contribution is 2.39. The van der Waals surface area contributed by atoms with E-state index in [1.165, 1.54) is 0 Å². The van der Waals surface area contributed by atoms with E-state index in [1.54, 1.807) is 12.4 Å². The maximum absolute atomic E-state index is 13.2. The van der Waals surface area contributed by atoms with Crippen LogP contribution in [0.25, 0.3) is 10.9 Å². The van der Waals surface area contributed by atoms with Crippen LogP contribution in [0.1, 0.15) is 38.2 Å². The molecule has 29 heavy (non-hydrogen) atoms. The summed E-state index contributed by atoms with van der Waals surface area (Å²) in [6, 6.07) is 1.98. The lowest BCUT2D eigenvalue weighted by molar-refractivity contribution is -0.132. The minimum absolute atomic E-state index is 0.0380. The summed E-state index contributed by atoms with van der Waals surface area (Å²) in [5, 5.41) is 4.37. The number of fused-ring (bicyclic) bond motifs is 2. The second-order valence-electron chi connectivity index (χ2n) is 8.99. The maximum atomic E-state index is 13.2. The minimum atomic E-state index is -0.283. The third kappa shape index (κ3) is 3.12. The molecule has 3 saturated heterocycles. The molecule has 2 atom stereocenters. The van der Waals surface area contributed by atoms with Crippen molar-refractivity contribution in [3.8, 4) is 0 Å². The van der Waals surface area contributed by atoms with Gasteiger partial charge in [0.25, 0.3) is 0 Å². The van der Waals surface area contributed by atoms with E-state index < -0.39 is 0 Å². The van der Waals surface area contributed by atoms with E-state index in [-0.39, 0.29) is 29.3 Å². The summed E-state index contributed by atoms with van der Waals surface area (Å²) in [7, 11) is 0. The Labute approximate surface area is 170 Å². The molecule has 3 aliphatic heterocycles. The first-order chi connectivity index (χ1) is 14.1. The van der Waals surface area contributed by atoms with Crippen LogP contribution in [0.4, 0.5) is 0 Å².